The van der Waals surface area contributed by atoms with Crippen LogP contribution < -0.4 is 4.90 Å². The Labute approximate surface area is 176 Å². The van der Waals surface area contributed by atoms with Crippen molar-refractivity contribution in [2.75, 3.05) is 11.4 Å². The van der Waals surface area contributed by atoms with E-state index in [1.165, 1.54) is 17.4 Å². The fourth-order valence-corrected chi connectivity index (χ4v) is 4.40. The molecular weight excluding hydrogens is 406 g/mol. The first-order chi connectivity index (χ1) is 14.4. The van der Waals surface area contributed by atoms with Gasteiger partial charge < -0.3 is 4.57 Å². The molecule has 0 N–H and O–H groups in total. The Hall–Kier alpha value is -3.13. The summed E-state index contributed by atoms with van der Waals surface area (Å²) in [5.74, 6) is -2.44. The Morgan fingerprint density at radius 3 is 2.63 bits per heavy atom. The Balaban J connectivity index is 1.69. The largest absolute Gasteiger partial charge is 0.337 e. The van der Waals surface area contributed by atoms with Gasteiger partial charge in [0.05, 0.1) is 16.5 Å². The van der Waals surface area contributed by atoms with Gasteiger partial charge in [-0.3, -0.25) is 9.69 Å². The van der Waals surface area contributed by atoms with Crippen LogP contribution in [0.15, 0.2) is 49.1 Å². The second kappa shape index (κ2) is 8.31. The smallest absolute Gasteiger partial charge is 0.260 e. The van der Waals surface area contributed by atoms with Gasteiger partial charge in [-0.25, -0.2) is 18.7 Å². The fourth-order valence-electron chi connectivity index (χ4n) is 3.26. The molecule has 0 radical (unpaired) electrons. The Bertz CT molecular complexity index is 1160. The van der Waals surface area contributed by atoms with Crippen LogP contribution in [0.2, 0.25) is 0 Å². The van der Waals surface area contributed by atoms with Crippen LogP contribution in [0.4, 0.5) is 13.9 Å². The molecule has 0 fully saturated rings. The van der Waals surface area contributed by atoms with Gasteiger partial charge in [0.15, 0.2) is 16.8 Å². The number of carbonyl (C=O) groups is 1. The molecule has 0 bridgehead atoms. The third-order valence-corrected chi connectivity index (χ3v) is 6.14. The highest BCUT2D eigenvalue weighted by Crippen LogP contribution is 2.34. The average Bonchev–Trinajstić information content (AvgIpc) is 3.40. The predicted molar refractivity (Wildman–Crippen MR) is 114 cm³/mol. The number of halogens is 2. The number of aromatic nitrogens is 3. The summed E-state index contributed by atoms with van der Waals surface area (Å²) >= 11 is 1.43. The number of imidazole rings is 1. The van der Waals surface area contributed by atoms with E-state index in [1.807, 2.05) is 36.7 Å². The van der Waals surface area contributed by atoms with E-state index in [-0.39, 0.29) is 5.56 Å². The van der Waals surface area contributed by atoms with Crippen LogP contribution in [0.5, 0.6) is 0 Å². The number of anilines is 1. The molecule has 1 amide bonds. The van der Waals surface area contributed by atoms with Gasteiger partial charge in [-0.15, -0.1) is 0 Å². The third-order valence-electron chi connectivity index (χ3n) is 4.93. The zero-order chi connectivity index (χ0) is 21.3. The molecule has 0 aliphatic rings. The van der Waals surface area contributed by atoms with Crippen LogP contribution in [0.3, 0.4) is 0 Å². The van der Waals surface area contributed by atoms with E-state index in [4.69, 9.17) is 4.98 Å². The molecular formula is C22H20F2N4OS. The quantitative estimate of drug-likeness (QED) is 0.430. The van der Waals surface area contributed by atoms with E-state index >= 15 is 0 Å². The first kappa shape index (κ1) is 20.2. The first-order valence-electron chi connectivity index (χ1n) is 9.53. The molecule has 0 unspecified atom stereocenters. The number of hydrogen-bond donors (Lipinski definition) is 0. The summed E-state index contributed by atoms with van der Waals surface area (Å²) in [6.07, 6.45) is 5.92. The van der Waals surface area contributed by atoms with Crippen molar-refractivity contribution in [2.24, 2.45) is 0 Å². The van der Waals surface area contributed by atoms with Gasteiger partial charge >= 0.3 is 0 Å². The highest BCUT2D eigenvalue weighted by atomic mass is 32.1. The Kier molecular flexibility index (Phi) is 5.59. The first-order valence-corrected chi connectivity index (χ1v) is 10.3. The van der Waals surface area contributed by atoms with E-state index in [1.54, 1.807) is 17.4 Å². The topological polar surface area (TPSA) is 51.0 Å². The molecule has 30 heavy (non-hydrogen) atoms. The summed E-state index contributed by atoms with van der Waals surface area (Å²) in [4.78, 5) is 23.5. The number of nitrogens with zero attached hydrogens (tertiary/aromatic N) is 4. The molecule has 0 saturated carbocycles. The van der Waals surface area contributed by atoms with E-state index in [0.29, 0.717) is 24.6 Å². The van der Waals surface area contributed by atoms with Gasteiger partial charge in [0, 0.05) is 31.0 Å². The normalized spacial score (nSPS) is 11.2. The number of fused-ring (bicyclic) bond motifs is 1. The van der Waals surface area contributed by atoms with Crippen LogP contribution in [-0.4, -0.2) is 27.0 Å². The van der Waals surface area contributed by atoms with E-state index in [2.05, 4.69) is 4.98 Å². The molecule has 8 heteroatoms. The zero-order valence-corrected chi connectivity index (χ0v) is 17.4. The van der Waals surface area contributed by atoms with E-state index < -0.39 is 17.5 Å². The third kappa shape index (κ3) is 3.95. The van der Waals surface area contributed by atoms with Crippen molar-refractivity contribution in [3.05, 3.63) is 77.4 Å². The summed E-state index contributed by atoms with van der Waals surface area (Å²) in [6.45, 7) is 5.04. The molecule has 4 rings (SSSR count). The second-order valence-corrected chi connectivity index (χ2v) is 8.09. The summed E-state index contributed by atoms with van der Waals surface area (Å²) in [7, 11) is 0. The molecule has 0 aliphatic heterocycles. The summed E-state index contributed by atoms with van der Waals surface area (Å²) in [6, 6.07) is 7.23. The van der Waals surface area contributed by atoms with E-state index in [9.17, 15) is 13.6 Å². The minimum atomic E-state index is -1.05. The zero-order valence-electron chi connectivity index (χ0n) is 16.6. The maximum atomic E-state index is 13.7. The van der Waals surface area contributed by atoms with Crippen molar-refractivity contribution in [3.8, 4) is 0 Å². The number of hydrogen-bond acceptors (Lipinski definition) is 4. The van der Waals surface area contributed by atoms with Gasteiger partial charge in [0.25, 0.3) is 5.91 Å². The van der Waals surface area contributed by atoms with Gasteiger partial charge in [0.1, 0.15) is 0 Å². The molecule has 0 atom stereocenters. The van der Waals surface area contributed by atoms with Crippen LogP contribution in [0.1, 0.15) is 27.9 Å². The fraction of sp³-hybridized carbons (Fsp3) is 0.227. The molecule has 2 heterocycles. The Morgan fingerprint density at radius 2 is 1.93 bits per heavy atom. The van der Waals surface area contributed by atoms with Crippen molar-refractivity contribution in [3.63, 3.8) is 0 Å². The van der Waals surface area contributed by atoms with Gasteiger partial charge in [-0.05, 0) is 49.6 Å². The van der Waals surface area contributed by atoms with E-state index in [0.717, 1.165) is 33.5 Å². The van der Waals surface area contributed by atoms with Crippen LogP contribution in [0.25, 0.3) is 10.2 Å². The second-order valence-electron chi connectivity index (χ2n) is 7.11. The lowest BCUT2D eigenvalue weighted by Crippen LogP contribution is -2.32. The van der Waals surface area contributed by atoms with Crippen molar-refractivity contribution in [1.82, 2.24) is 14.5 Å². The predicted octanol–water partition coefficient (Wildman–Crippen LogP) is 5.12. The maximum Gasteiger partial charge on any atom is 0.260 e. The molecule has 154 valence electrons. The van der Waals surface area contributed by atoms with Gasteiger partial charge in [-0.1, -0.05) is 23.5 Å². The SMILES string of the molecule is Cc1ccc(C)c2sc(N(CCCn3ccnc3)C(=O)c3ccc(F)c(F)c3)nc12. The minimum Gasteiger partial charge on any atom is -0.337 e. The van der Waals surface area contributed by atoms with Gasteiger partial charge in [0.2, 0.25) is 0 Å². The van der Waals surface area contributed by atoms with Crippen LogP contribution in [0, 0.1) is 25.5 Å². The molecule has 0 aliphatic carbocycles. The lowest BCUT2D eigenvalue weighted by atomic mass is 10.1. The molecule has 0 spiro atoms. The molecule has 2 aromatic carbocycles. The number of carbonyl (C=O) groups excluding carboxylic acids is 1. The number of benzene rings is 2. The highest BCUT2D eigenvalue weighted by Gasteiger charge is 2.23. The number of thiazole rings is 1. The van der Waals surface area contributed by atoms with Crippen molar-refractivity contribution < 1.29 is 13.6 Å². The van der Waals surface area contributed by atoms with Crippen molar-refractivity contribution in [1.29, 1.82) is 0 Å². The number of amides is 1. The lowest BCUT2D eigenvalue weighted by Gasteiger charge is -2.20. The highest BCUT2D eigenvalue weighted by molar-refractivity contribution is 7.22. The monoisotopic (exact) mass is 426 g/mol. The molecule has 5 nitrogen and oxygen atoms in total. The van der Waals surface area contributed by atoms with Gasteiger partial charge in [-0.2, -0.15) is 0 Å². The molecule has 4 aromatic rings. The summed E-state index contributed by atoms with van der Waals surface area (Å²) < 4.78 is 30.0. The summed E-state index contributed by atoms with van der Waals surface area (Å²) in [5.41, 5.74) is 3.05. The molecule has 2 aromatic heterocycles. The Morgan fingerprint density at radius 1 is 1.13 bits per heavy atom. The number of rotatable bonds is 6. The van der Waals surface area contributed by atoms with Crippen LogP contribution in [-0.2, 0) is 6.54 Å². The summed E-state index contributed by atoms with van der Waals surface area (Å²) in [5, 5.41) is 0.544. The number of aryl methyl sites for hydroxylation is 3. The standard InChI is InChI=1S/C22H20F2N4OS/c1-14-4-5-15(2)20-19(14)26-22(30-20)28(10-3-9-27-11-8-25-13-27)21(29)16-6-7-17(23)18(24)12-16/h4-8,11-13H,3,9-10H2,1-2H3. The molecule has 0 saturated heterocycles. The minimum absolute atomic E-state index is 0.0873. The maximum absolute atomic E-state index is 13.7. The van der Waals surface area contributed by atoms with Crippen LogP contribution >= 0.6 is 11.3 Å². The lowest BCUT2D eigenvalue weighted by molar-refractivity contribution is 0.0985. The van der Waals surface area contributed by atoms with Crippen molar-refractivity contribution in [2.45, 2.75) is 26.8 Å². The van der Waals surface area contributed by atoms with Crippen molar-refractivity contribution >= 4 is 32.6 Å². The average molecular weight is 426 g/mol.